The molecule has 0 saturated heterocycles. The highest BCUT2D eigenvalue weighted by molar-refractivity contribution is 7.90. The molecule has 1 rings (SSSR count). The molecule has 0 fully saturated rings. The Morgan fingerprint density at radius 3 is 2.18 bits per heavy atom. The number of hydrogen-bond acceptors (Lipinski definition) is 13. The molecule has 282 valence electrons. The van der Waals surface area contributed by atoms with Gasteiger partial charge in [0.05, 0.1) is 11.7 Å². The summed E-state index contributed by atoms with van der Waals surface area (Å²) in [6.07, 6.45) is 1.06. The lowest BCUT2D eigenvalue weighted by Crippen LogP contribution is -2.41. The SMILES string of the molecule is CCCOCCCC(=O)CCC(NC(=O)CCC(CC(=O)CCCNC(=O)CCCS(=O)(=O)NC(=O)CCCc1nn[nH]n1)C(=O)O)C(=O)O. The lowest BCUT2D eigenvalue weighted by atomic mass is 9.95. The predicted octanol–water partition coefficient (Wildman–Crippen LogP) is 0.211. The average molecular weight is 732 g/mol. The molecular weight excluding hydrogens is 682 g/mol. The molecule has 6 N–H and O–H groups in total. The number of aliphatic carboxylic acids is 2. The number of amides is 3. The van der Waals surface area contributed by atoms with Crippen LogP contribution in [0.3, 0.4) is 0 Å². The third kappa shape index (κ3) is 21.6. The second kappa shape index (κ2) is 24.7. The van der Waals surface area contributed by atoms with Gasteiger partial charge in [-0.05, 0) is 44.9 Å². The van der Waals surface area contributed by atoms with E-state index in [1.807, 2.05) is 11.6 Å². The van der Waals surface area contributed by atoms with Gasteiger partial charge in [0.15, 0.2) is 5.82 Å². The Bertz CT molecular complexity index is 1360. The largest absolute Gasteiger partial charge is 0.481 e. The molecule has 3 amide bonds. The van der Waals surface area contributed by atoms with E-state index in [4.69, 9.17) is 4.74 Å². The van der Waals surface area contributed by atoms with Crippen LogP contribution in [0.15, 0.2) is 0 Å². The Morgan fingerprint density at radius 1 is 0.800 bits per heavy atom. The standard InChI is InChI=1S/C30H49N7O12S/c1-2-17-49-18-5-8-22(38)13-14-24(30(45)46)32-27(41)15-12-21(29(43)44)20-23(39)7-4-16-31-26(40)11-6-19-50(47,48)35-28(42)10-3-9-25-33-36-37-34-25/h21,24H,2-20H2,1H3,(H,31,40)(H,32,41)(H,35,42)(H,43,44)(H,45,46)(H,33,34,36,37). The van der Waals surface area contributed by atoms with Crippen molar-refractivity contribution in [1.29, 1.82) is 0 Å². The average Bonchev–Trinajstić information content (AvgIpc) is 3.56. The van der Waals surface area contributed by atoms with Crippen molar-refractivity contribution in [3.05, 3.63) is 5.82 Å². The van der Waals surface area contributed by atoms with Gasteiger partial charge in [-0.25, -0.2) is 13.2 Å². The van der Waals surface area contributed by atoms with E-state index in [0.29, 0.717) is 38.3 Å². The van der Waals surface area contributed by atoms with Crippen LogP contribution in [-0.2, 0) is 54.7 Å². The molecule has 1 heterocycles. The number of hydrogen-bond donors (Lipinski definition) is 6. The van der Waals surface area contributed by atoms with Crippen molar-refractivity contribution in [3.8, 4) is 0 Å². The van der Waals surface area contributed by atoms with E-state index in [1.165, 1.54) is 0 Å². The number of aromatic amines is 1. The quantitative estimate of drug-likeness (QED) is 0.0577. The molecule has 0 saturated carbocycles. The maximum Gasteiger partial charge on any atom is 0.326 e. The van der Waals surface area contributed by atoms with Crippen LogP contribution in [0.1, 0.15) is 103 Å². The zero-order chi connectivity index (χ0) is 37.4. The van der Waals surface area contributed by atoms with E-state index in [2.05, 4.69) is 31.3 Å². The van der Waals surface area contributed by atoms with Crippen LogP contribution in [0.4, 0.5) is 0 Å². The van der Waals surface area contributed by atoms with Crippen molar-refractivity contribution in [2.24, 2.45) is 5.92 Å². The molecule has 20 heteroatoms. The first-order chi connectivity index (χ1) is 23.7. The number of nitrogens with one attached hydrogen (secondary N) is 4. The molecule has 50 heavy (non-hydrogen) atoms. The van der Waals surface area contributed by atoms with Crippen LogP contribution >= 0.6 is 0 Å². The maximum atomic E-state index is 12.4. The molecule has 0 bridgehead atoms. The molecule has 0 aliphatic carbocycles. The minimum Gasteiger partial charge on any atom is -0.481 e. The predicted molar refractivity (Wildman–Crippen MR) is 175 cm³/mol. The Labute approximate surface area is 290 Å². The fraction of sp³-hybridized carbons (Fsp3) is 0.733. The Hall–Kier alpha value is -4.33. The number of Topliss-reactive ketones (excluding diaryl/α,β-unsaturated/α-hetero) is 2. The summed E-state index contributed by atoms with van der Waals surface area (Å²) in [5, 5.41) is 36.9. The lowest BCUT2D eigenvalue weighted by molar-refractivity contribution is -0.145. The van der Waals surface area contributed by atoms with Crippen molar-refractivity contribution < 1.29 is 56.9 Å². The number of aryl methyl sites for hydroxylation is 1. The van der Waals surface area contributed by atoms with Crippen LogP contribution < -0.4 is 15.4 Å². The highest BCUT2D eigenvalue weighted by Gasteiger charge is 2.25. The van der Waals surface area contributed by atoms with E-state index in [9.17, 15) is 52.2 Å². The van der Waals surface area contributed by atoms with Crippen molar-refractivity contribution in [1.82, 2.24) is 36.0 Å². The number of sulfonamides is 1. The monoisotopic (exact) mass is 731 g/mol. The Balaban J connectivity index is 2.28. The second-order valence-electron chi connectivity index (χ2n) is 11.7. The molecule has 2 atom stereocenters. The van der Waals surface area contributed by atoms with E-state index in [1.54, 1.807) is 0 Å². The van der Waals surface area contributed by atoms with Crippen LogP contribution in [0, 0.1) is 5.92 Å². The molecule has 19 nitrogen and oxygen atoms in total. The van der Waals surface area contributed by atoms with E-state index in [-0.39, 0.29) is 83.0 Å². The highest BCUT2D eigenvalue weighted by atomic mass is 32.2. The van der Waals surface area contributed by atoms with Gasteiger partial charge in [-0.3, -0.25) is 33.5 Å². The van der Waals surface area contributed by atoms with Crippen LogP contribution in [-0.4, -0.2) is 112 Å². The molecule has 0 aliphatic rings. The van der Waals surface area contributed by atoms with Crippen LogP contribution in [0.2, 0.25) is 0 Å². The number of carboxylic acid groups (broad SMARTS) is 2. The maximum absolute atomic E-state index is 12.4. The number of nitrogens with zero attached hydrogens (tertiary/aromatic N) is 3. The van der Waals surface area contributed by atoms with Crippen molar-refractivity contribution in [3.63, 3.8) is 0 Å². The third-order valence-corrected chi connectivity index (χ3v) is 8.58. The number of ketones is 2. The number of rotatable bonds is 30. The molecular formula is C30H49N7O12S. The van der Waals surface area contributed by atoms with Gasteiger partial charge in [-0.15, -0.1) is 10.2 Å². The first kappa shape index (κ1) is 43.7. The summed E-state index contributed by atoms with van der Waals surface area (Å²) in [4.78, 5) is 84.0. The summed E-state index contributed by atoms with van der Waals surface area (Å²) in [6, 6.07) is -1.32. The molecule has 0 aliphatic heterocycles. The number of carbonyl (C=O) groups excluding carboxylic acids is 5. The summed E-state index contributed by atoms with van der Waals surface area (Å²) < 4.78 is 31.4. The summed E-state index contributed by atoms with van der Waals surface area (Å²) in [5.74, 6) is -6.29. The van der Waals surface area contributed by atoms with E-state index < -0.39 is 63.2 Å². The number of ether oxygens (including phenoxy) is 1. The second-order valence-corrected chi connectivity index (χ2v) is 13.5. The molecule has 0 spiro atoms. The molecule has 2 unspecified atom stereocenters. The number of tetrazole rings is 1. The summed E-state index contributed by atoms with van der Waals surface area (Å²) >= 11 is 0. The fourth-order valence-electron chi connectivity index (χ4n) is 4.56. The number of H-pyrrole nitrogens is 1. The van der Waals surface area contributed by atoms with Crippen LogP contribution in [0.5, 0.6) is 0 Å². The van der Waals surface area contributed by atoms with E-state index in [0.717, 1.165) is 6.42 Å². The number of aromatic nitrogens is 4. The lowest BCUT2D eigenvalue weighted by Gasteiger charge is -2.16. The molecule has 1 aromatic heterocycles. The molecule has 1 aromatic rings. The normalized spacial score (nSPS) is 12.4. The van der Waals surface area contributed by atoms with E-state index >= 15 is 0 Å². The number of carbonyl (C=O) groups is 7. The minimum absolute atomic E-state index is 0.0505. The van der Waals surface area contributed by atoms with Gasteiger partial charge in [0.1, 0.15) is 17.6 Å². The van der Waals surface area contributed by atoms with Gasteiger partial charge in [-0.1, -0.05) is 12.1 Å². The fourth-order valence-corrected chi connectivity index (χ4v) is 5.64. The van der Waals surface area contributed by atoms with Crippen molar-refractivity contribution in [2.45, 2.75) is 109 Å². The third-order valence-electron chi connectivity index (χ3n) is 7.22. The smallest absolute Gasteiger partial charge is 0.326 e. The summed E-state index contributed by atoms with van der Waals surface area (Å²) in [7, 11) is -3.94. The van der Waals surface area contributed by atoms with Gasteiger partial charge < -0.3 is 25.6 Å². The van der Waals surface area contributed by atoms with Gasteiger partial charge in [0.2, 0.25) is 27.7 Å². The van der Waals surface area contributed by atoms with Crippen molar-refractivity contribution >= 4 is 51.2 Å². The van der Waals surface area contributed by atoms with Gasteiger partial charge in [0.25, 0.3) is 0 Å². The topological polar surface area (TPSA) is 294 Å². The molecule has 0 radical (unpaired) electrons. The van der Waals surface area contributed by atoms with Gasteiger partial charge in [0, 0.05) is 71.1 Å². The summed E-state index contributed by atoms with van der Waals surface area (Å²) in [6.45, 7) is 3.07. The first-order valence-electron chi connectivity index (χ1n) is 16.6. The van der Waals surface area contributed by atoms with Crippen LogP contribution in [0.25, 0.3) is 0 Å². The molecule has 0 aromatic carbocycles. The Morgan fingerprint density at radius 2 is 1.52 bits per heavy atom. The zero-order valence-electron chi connectivity index (χ0n) is 28.3. The Kier molecular flexibility index (Phi) is 21.6. The highest BCUT2D eigenvalue weighted by Crippen LogP contribution is 2.15. The zero-order valence-corrected chi connectivity index (χ0v) is 29.1. The van der Waals surface area contributed by atoms with Crippen molar-refractivity contribution in [2.75, 3.05) is 25.5 Å². The summed E-state index contributed by atoms with van der Waals surface area (Å²) in [5.41, 5.74) is 0. The van der Waals surface area contributed by atoms with Gasteiger partial charge in [-0.2, -0.15) is 5.21 Å². The first-order valence-corrected chi connectivity index (χ1v) is 18.3. The minimum atomic E-state index is -3.94. The van der Waals surface area contributed by atoms with Gasteiger partial charge >= 0.3 is 11.9 Å². The number of carboxylic acids is 2.